The van der Waals surface area contributed by atoms with Gasteiger partial charge >= 0.3 is 6.09 Å². The van der Waals surface area contributed by atoms with E-state index in [9.17, 15) is 9.90 Å². The topological polar surface area (TPSA) is 49.8 Å². The van der Waals surface area contributed by atoms with Gasteiger partial charge in [-0.05, 0) is 33.6 Å². The molecule has 1 aliphatic carbocycles. The van der Waals surface area contributed by atoms with Gasteiger partial charge in [0.05, 0.1) is 5.54 Å². The van der Waals surface area contributed by atoms with Crippen LogP contribution in [0.3, 0.4) is 0 Å². The second kappa shape index (κ2) is 5.19. The Balaban J connectivity index is 2.71. The number of rotatable bonds is 2. The van der Waals surface area contributed by atoms with Gasteiger partial charge in [-0.25, -0.2) is 4.79 Å². The van der Waals surface area contributed by atoms with E-state index in [1.807, 2.05) is 27.7 Å². The van der Waals surface area contributed by atoms with E-state index in [2.05, 4.69) is 11.8 Å². The minimum atomic E-state index is -0.796. The van der Waals surface area contributed by atoms with Crippen LogP contribution in [-0.4, -0.2) is 40.4 Å². The van der Waals surface area contributed by atoms with E-state index >= 15 is 0 Å². The van der Waals surface area contributed by atoms with Crippen LogP contribution in [0.1, 0.15) is 47.0 Å². The van der Waals surface area contributed by atoms with E-state index in [-0.39, 0.29) is 0 Å². The number of carbonyl (C=O) groups excluding carboxylic acids is 1. The Bertz CT molecular complexity index is 369. The van der Waals surface area contributed by atoms with E-state index < -0.39 is 23.3 Å². The van der Waals surface area contributed by atoms with Crippen molar-refractivity contribution in [3.8, 4) is 11.8 Å². The van der Waals surface area contributed by atoms with Crippen LogP contribution >= 0.6 is 0 Å². The first-order chi connectivity index (χ1) is 8.23. The molecule has 0 heterocycles. The van der Waals surface area contributed by atoms with Gasteiger partial charge in [0, 0.05) is 13.5 Å². The number of amides is 1. The van der Waals surface area contributed by atoms with Gasteiger partial charge in [-0.3, -0.25) is 0 Å². The van der Waals surface area contributed by atoms with Crippen LogP contribution < -0.4 is 0 Å². The summed E-state index contributed by atoms with van der Waals surface area (Å²) >= 11 is 0. The van der Waals surface area contributed by atoms with Crippen LogP contribution in [-0.2, 0) is 4.74 Å². The third-order valence-corrected chi connectivity index (χ3v) is 3.02. The Kier molecular flexibility index (Phi) is 4.28. The predicted molar refractivity (Wildman–Crippen MR) is 70.0 cm³/mol. The summed E-state index contributed by atoms with van der Waals surface area (Å²) in [6.45, 7) is 7.40. The van der Waals surface area contributed by atoms with Gasteiger partial charge in [0.2, 0.25) is 0 Å². The van der Waals surface area contributed by atoms with Crippen molar-refractivity contribution >= 4 is 6.09 Å². The maximum atomic E-state index is 12.0. The quantitative estimate of drug-likeness (QED) is 0.767. The summed E-state index contributed by atoms with van der Waals surface area (Å²) in [6.07, 6.45) is 1.03. The minimum absolute atomic E-state index is 0.405. The lowest BCUT2D eigenvalue weighted by Gasteiger charge is -2.32. The van der Waals surface area contributed by atoms with Gasteiger partial charge < -0.3 is 14.7 Å². The molecule has 0 aromatic heterocycles. The number of aliphatic hydroxyl groups excluding tert-OH is 1. The molecule has 1 saturated carbocycles. The number of ether oxygens (including phenoxy) is 1. The molecule has 0 spiro atoms. The van der Waals surface area contributed by atoms with Crippen LogP contribution in [0, 0.1) is 11.8 Å². The normalized spacial score (nSPS) is 18.3. The monoisotopic (exact) mass is 253 g/mol. The molecule has 0 saturated heterocycles. The second-order valence-corrected chi connectivity index (χ2v) is 5.72. The predicted octanol–water partition coefficient (Wildman–Crippen LogP) is 2.16. The Morgan fingerprint density at radius 1 is 1.50 bits per heavy atom. The Hall–Kier alpha value is -1.21. The maximum Gasteiger partial charge on any atom is 0.410 e. The van der Waals surface area contributed by atoms with Gasteiger partial charge in [0.25, 0.3) is 0 Å². The highest BCUT2D eigenvalue weighted by molar-refractivity contribution is 5.70. The van der Waals surface area contributed by atoms with Gasteiger partial charge in [0.15, 0.2) is 0 Å². The smallest absolute Gasteiger partial charge is 0.410 e. The molecular formula is C14H23NO3. The molecular weight excluding hydrogens is 230 g/mol. The van der Waals surface area contributed by atoms with Crippen molar-refractivity contribution in [2.24, 2.45) is 0 Å². The van der Waals surface area contributed by atoms with Crippen molar-refractivity contribution in [1.82, 2.24) is 4.90 Å². The van der Waals surface area contributed by atoms with Crippen LogP contribution in [0.4, 0.5) is 4.79 Å². The first-order valence-corrected chi connectivity index (χ1v) is 6.36. The largest absolute Gasteiger partial charge is 0.444 e. The second-order valence-electron chi connectivity index (χ2n) is 5.72. The number of aliphatic hydroxyl groups is 1. The highest BCUT2D eigenvalue weighted by atomic mass is 16.6. The molecule has 1 amide bonds. The standard InChI is InChI=1S/C14H23NO3/c1-6-7-8-11(16)14(9-10-14)15(5)12(17)18-13(2,3)4/h11,16H,6,9-10H2,1-5H3. The summed E-state index contributed by atoms with van der Waals surface area (Å²) in [5.74, 6) is 5.65. The fraction of sp³-hybridized carbons (Fsp3) is 0.786. The molecule has 4 nitrogen and oxygen atoms in total. The molecule has 0 aromatic rings. The SMILES string of the molecule is CCC#CC(O)C1(N(C)C(=O)OC(C)(C)C)CC1. The molecule has 1 aliphatic rings. The average molecular weight is 253 g/mol. The zero-order valence-corrected chi connectivity index (χ0v) is 11.9. The number of nitrogens with zero attached hydrogens (tertiary/aromatic N) is 1. The summed E-state index contributed by atoms with van der Waals surface area (Å²) < 4.78 is 5.31. The summed E-state index contributed by atoms with van der Waals surface area (Å²) in [4.78, 5) is 13.5. The van der Waals surface area contributed by atoms with Crippen molar-refractivity contribution in [1.29, 1.82) is 0 Å². The van der Waals surface area contributed by atoms with E-state index in [0.29, 0.717) is 6.42 Å². The third kappa shape index (κ3) is 3.39. The highest BCUT2D eigenvalue weighted by Gasteiger charge is 2.54. The molecule has 0 bridgehead atoms. The van der Waals surface area contributed by atoms with Gasteiger partial charge in [-0.15, -0.1) is 5.92 Å². The zero-order valence-electron chi connectivity index (χ0n) is 11.9. The number of hydrogen-bond acceptors (Lipinski definition) is 3. The molecule has 1 rings (SSSR count). The lowest BCUT2D eigenvalue weighted by atomic mass is 10.1. The fourth-order valence-electron chi connectivity index (χ4n) is 1.77. The summed E-state index contributed by atoms with van der Waals surface area (Å²) in [6, 6.07) is 0. The highest BCUT2D eigenvalue weighted by Crippen LogP contribution is 2.44. The summed E-state index contributed by atoms with van der Waals surface area (Å²) in [7, 11) is 1.66. The molecule has 1 unspecified atom stereocenters. The molecule has 18 heavy (non-hydrogen) atoms. The molecule has 0 radical (unpaired) electrons. The molecule has 1 fully saturated rings. The van der Waals surface area contributed by atoms with Crippen molar-refractivity contribution in [2.45, 2.75) is 64.2 Å². The fourth-order valence-corrected chi connectivity index (χ4v) is 1.77. The van der Waals surface area contributed by atoms with Crippen molar-refractivity contribution in [3.63, 3.8) is 0 Å². The van der Waals surface area contributed by atoms with Gasteiger partial charge in [-0.2, -0.15) is 0 Å². The van der Waals surface area contributed by atoms with Gasteiger partial charge in [-0.1, -0.05) is 12.8 Å². The van der Waals surface area contributed by atoms with E-state index in [1.54, 1.807) is 7.05 Å². The Morgan fingerprint density at radius 2 is 2.06 bits per heavy atom. The minimum Gasteiger partial charge on any atom is -0.444 e. The number of hydrogen-bond donors (Lipinski definition) is 1. The third-order valence-electron chi connectivity index (χ3n) is 3.02. The number of likely N-dealkylation sites (N-methyl/N-ethyl adjacent to an activating group) is 1. The number of carbonyl (C=O) groups is 1. The van der Waals surface area contributed by atoms with Gasteiger partial charge in [0.1, 0.15) is 11.7 Å². The lowest BCUT2D eigenvalue weighted by molar-refractivity contribution is 0.00484. The maximum absolute atomic E-state index is 12.0. The van der Waals surface area contributed by atoms with E-state index in [0.717, 1.165) is 12.8 Å². The van der Waals surface area contributed by atoms with E-state index in [1.165, 1.54) is 4.90 Å². The molecule has 1 N–H and O–H groups in total. The Labute approximate surface area is 109 Å². The van der Waals surface area contributed by atoms with Crippen LogP contribution in [0.15, 0.2) is 0 Å². The van der Waals surface area contributed by atoms with Crippen LogP contribution in [0.5, 0.6) is 0 Å². The molecule has 4 heteroatoms. The van der Waals surface area contributed by atoms with E-state index in [4.69, 9.17) is 4.74 Å². The van der Waals surface area contributed by atoms with Crippen molar-refractivity contribution in [2.75, 3.05) is 7.05 Å². The summed E-state index contributed by atoms with van der Waals surface area (Å²) in [5.41, 5.74) is -1.08. The Morgan fingerprint density at radius 3 is 2.44 bits per heavy atom. The van der Waals surface area contributed by atoms with Crippen LogP contribution in [0.25, 0.3) is 0 Å². The molecule has 0 aliphatic heterocycles. The first kappa shape index (κ1) is 14.8. The van der Waals surface area contributed by atoms with Crippen molar-refractivity contribution < 1.29 is 14.6 Å². The zero-order chi connectivity index (χ0) is 14.0. The average Bonchev–Trinajstić information content (AvgIpc) is 3.03. The summed E-state index contributed by atoms with van der Waals surface area (Å²) in [5, 5.41) is 10.1. The first-order valence-electron chi connectivity index (χ1n) is 6.36. The lowest BCUT2D eigenvalue weighted by Crippen LogP contribution is -2.48. The molecule has 1 atom stereocenters. The molecule has 102 valence electrons. The van der Waals surface area contributed by atoms with Crippen molar-refractivity contribution in [3.05, 3.63) is 0 Å². The van der Waals surface area contributed by atoms with Crippen LogP contribution in [0.2, 0.25) is 0 Å². The molecule has 0 aromatic carbocycles.